The number of methoxy groups -OCH3 is 2. The summed E-state index contributed by atoms with van der Waals surface area (Å²) < 4.78 is 23.0. The molecule has 48 heavy (non-hydrogen) atoms. The highest BCUT2D eigenvalue weighted by molar-refractivity contribution is 5.98. The Labute approximate surface area is 285 Å². The van der Waals surface area contributed by atoms with Crippen LogP contribution in [0.3, 0.4) is 0 Å². The molecule has 0 heterocycles. The summed E-state index contributed by atoms with van der Waals surface area (Å²) in [5.74, 6) is 2.15. The molecule has 0 aromatic heterocycles. The summed E-state index contributed by atoms with van der Waals surface area (Å²) in [6.07, 6.45) is 2.35. The molecule has 4 aromatic carbocycles. The van der Waals surface area contributed by atoms with E-state index in [0.29, 0.717) is 29.4 Å². The fourth-order valence-electron chi connectivity index (χ4n) is 5.90. The molecule has 4 rings (SSSR count). The van der Waals surface area contributed by atoms with Gasteiger partial charge >= 0.3 is 0 Å². The molecule has 0 N–H and O–H groups in total. The average Bonchev–Trinajstić information content (AvgIpc) is 3.12. The average molecular weight is 653 g/mol. The second kappa shape index (κ2) is 17.9. The zero-order valence-electron chi connectivity index (χ0n) is 29.0. The summed E-state index contributed by atoms with van der Waals surface area (Å²) in [6, 6.07) is 29.7. The molecule has 8 heteroatoms. The molecule has 0 spiro atoms. The van der Waals surface area contributed by atoms with Crippen LogP contribution in [0, 0.1) is 10.1 Å². The number of nitrogens with zero attached hydrogens (tertiary/aromatic N) is 2. The predicted octanol–water partition coefficient (Wildman–Crippen LogP) is 9.62. The molecule has 0 aliphatic heterocycles. The number of benzene rings is 4. The Balaban J connectivity index is 1.59. The van der Waals surface area contributed by atoms with Gasteiger partial charge in [0.1, 0.15) is 17.6 Å². The van der Waals surface area contributed by atoms with Crippen LogP contribution in [0.2, 0.25) is 0 Å². The number of unbranched alkanes of at least 4 members (excludes halogenated alkanes) is 1. The van der Waals surface area contributed by atoms with E-state index in [1.54, 1.807) is 13.0 Å². The van der Waals surface area contributed by atoms with E-state index in [2.05, 4.69) is 62.1 Å². The van der Waals surface area contributed by atoms with Gasteiger partial charge in [-0.1, -0.05) is 75.4 Å². The van der Waals surface area contributed by atoms with Crippen molar-refractivity contribution in [3.63, 3.8) is 0 Å². The zero-order chi connectivity index (χ0) is 34.5. The van der Waals surface area contributed by atoms with Crippen LogP contribution < -0.4 is 18.9 Å². The number of ether oxygens (including phenoxy) is 4. The molecular weight excluding hydrogens is 604 g/mol. The fraction of sp³-hybridized carbons (Fsp3) is 0.350. The van der Waals surface area contributed by atoms with Crippen molar-refractivity contribution in [2.75, 3.05) is 40.5 Å². The zero-order valence-corrected chi connectivity index (χ0v) is 29.0. The lowest BCUT2D eigenvalue weighted by molar-refractivity contribution is -0.386. The highest BCUT2D eigenvalue weighted by Crippen LogP contribution is 2.40. The van der Waals surface area contributed by atoms with Gasteiger partial charge in [-0.25, -0.2) is 0 Å². The minimum absolute atomic E-state index is 0.0931. The number of hydrogen-bond acceptors (Lipinski definition) is 7. The predicted molar refractivity (Wildman–Crippen MR) is 193 cm³/mol. The molecule has 0 aliphatic carbocycles. The van der Waals surface area contributed by atoms with Gasteiger partial charge in [0.25, 0.3) is 5.69 Å². The van der Waals surface area contributed by atoms with Gasteiger partial charge in [-0.2, -0.15) is 0 Å². The molecule has 0 bridgehead atoms. The Morgan fingerprint density at radius 3 is 1.90 bits per heavy atom. The van der Waals surface area contributed by atoms with Gasteiger partial charge in [-0.15, -0.1) is 0 Å². The lowest BCUT2D eigenvalue weighted by atomic mass is 9.88. The third-order valence-electron chi connectivity index (χ3n) is 8.58. The van der Waals surface area contributed by atoms with Crippen LogP contribution in [0.4, 0.5) is 5.69 Å². The van der Waals surface area contributed by atoms with Crippen molar-refractivity contribution in [1.82, 2.24) is 4.90 Å². The summed E-state index contributed by atoms with van der Waals surface area (Å²) >= 11 is 0. The Morgan fingerprint density at radius 1 is 0.771 bits per heavy atom. The second-order valence-electron chi connectivity index (χ2n) is 11.5. The van der Waals surface area contributed by atoms with Gasteiger partial charge < -0.3 is 23.8 Å². The molecule has 1 unspecified atom stereocenters. The maximum atomic E-state index is 11.9. The van der Waals surface area contributed by atoms with E-state index >= 15 is 0 Å². The maximum Gasteiger partial charge on any atom is 0.280 e. The van der Waals surface area contributed by atoms with Crippen molar-refractivity contribution < 1.29 is 23.9 Å². The van der Waals surface area contributed by atoms with Crippen LogP contribution in [-0.4, -0.2) is 50.3 Å². The number of nitro benzene ring substituents is 1. The Hall–Kier alpha value is -4.82. The van der Waals surface area contributed by atoms with Crippen molar-refractivity contribution in [3.8, 4) is 23.0 Å². The number of nitro groups is 1. The monoisotopic (exact) mass is 652 g/mol. The first kappa shape index (κ1) is 36.0. The van der Waals surface area contributed by atoms with Gasteiger partial charge in [-0.05, 0) is 104 Å². The first-order valence-electron chi connectivity index (χ1n) is 16.7. The topological polar surface area (TPSA) is 83.3 Å². The SMILES string of the molecule is CC/C(=C(/c1ccc(OCCCCN(CC)CC)cc1)c1ccc(OC(C)c2cc(OC)c(OC)cc2[N+](=O)[O-])cc1)c1ccccc1. The van der Waals surface area contributed by atoms with Crippen molar-refractivity contribution >= 4 is 16.8 Å². The van der Waals surface area contributed by atoms with Gasteiger partial charge in [0.2, 0.25) is 0 Å². The molecule has 0 amide bonds. The van der Waals surface area contributed by atoms with Crippen molar-refractivity contribution in [2.45, 2.75) is 53.1 Å². The third kappa shape index (κ3) is 9.16. The van der Waals surface area contributed by atoms with Crippen LogP contribution in [-0.2, 0) is 0 Å². The molecule has 0 radical (unpaired) electrons. The number of allylic oxidation sites excluding steroid dienone is 1. The van der Waals surface area contributed by atoms with Crippen molar-refractivity contribution in [2.24, 2.45) is 0 Å². The smallest absolute Gasteiger partial charge is 0.280 e. The summed E-state index contributed by atoms with van der Waals surface area (Å²) in [4.78, 5) is 13.9. The van der Waals surface area contributed by atoms with Gasteiger partial charge in [0, 0.05) is 0 Å². The molecule has 1 atom stereocenters. The summed E-state index contributed by atoms with van der Waals surface area (Å²) in [5.41, 5.74) is 5.95. The van der Waals surface area contributed by atoms with E-state index in [-0.39, 0.29) is 5.69 Å². The summed E-state index contributed by atoms with van der Waals surface area (Å²) in [7, 11) is 2.95. The largest absolute Gasteiger partial charge is 0.494 e. The van der Waals surface area contributed by atoms with E-state index in [4.69, 9.17) is 18.9 Å². The molecule has 0 saturated heterocycles. The van der Waals surface area contributed by atoms with Crippen LogP contribution in [0.15, 0.2) is 91.0 Å². The van der Waals surface area contributed by atoms with E-state index in [1.807, 2.05) is 42.5 Å². The van der Waals surface area contributed by atoms with Crippen LogP contribution in [0.5, 0.6) is 23.0 Å². The molecule has 0 saturated carbocycles. The normalized spacial score (nSPS) is 12.3. The quantitative estimate of drug-likeness (QED) is 0.0458. The molecular formula is C40H48N2O6. The van der Waals surface area contributed by atoms with E-state index < -0.39 is 11.0 Å². The molecule has 254 valence electrons. The molecule has 4 aromatic rings. The fourth-order valence-corrected chi connectivity index (χ4v) is 5.90. The molecule has 0 aliphatic rings. The number of hydrogen-bond donors (Lipinski definition) is 0. The lowest BCUT2D eigenvalue weighted by Gasteiger charge is -2.19. The number of rotatable bonds is 18. The first-order valence-corrected chi connectivity index (χ1v) is 16.7. The Morgan fingerprint density at radius 2 is 1.35 bits per heavy atom. The van der Waals surface area contributed by atoms with Gasteiger partial charge in [0.05, 0.1) is 37.4 Å². The van der Waals surface area contributed by atoms with Gasteiger partial charge in [-0.3, -0.25) is 10.1 Å². The minimum atomic E-state index is -0.619. The third-order valence-corrected chi connectivity index (χ3v) is 8.58. The van der Waals surface area contributed by atoms with Gasteiger partial charge in [0.15, 0.2) is 11.5 Å². The Kier molecular flexibility index (Phi) is 13.4. The second-order valence-corrected chi connectivity index (χ2v) is 11.5. The highest BCUT2D eigenvalue weighted by atomic mass is 16.6. The lowest BCUT2D eigenvalue weighted by Crippen LogP contribution is -2.24. The van der Waals surface area contributed by atoms with Crippen molar-refractivity contribution in [1.29, 1.82) is 0 Å². The first-order chi connectivity index (χ1) is 23.3. The van der Waals surface area contributed by atoms with Crippen LogP contribution >= 0.6 is 0 Å². The van der Waals surface area contributed by atoms with Crippen molar-refractivity contribution in [3.05, 3.63) is 123 Å². The van der Waals surface area contributed by atoms with Crippen LogP contribution in [0.1, 0.15) is 75.3 Å². The molecule has 0 fully saturated rings. The standard InChI is InChI=1S/C40H48N2O6/c1-7-35(30-15-11-10-12-16-30)40(31-17-21-33(22-18-31)47-26-14-13-25-41(8-2)9-3)32-19-23-34(24-20-32)48-29(4)36-27-38(45-5)39(46-6)28-37(36)42(43)44/h10-12,15-24,27-29H,7-9,13-14,25-26H2,1-6H3/b40-35+. The van der Waals surface area contributed by atoms with E-state index in [1.165, 1.54) is 31.4 Å². The minimum Gasteiger partial charge on any atom is -0.494 e. The van der Waals surface area contributed by atoms with E-state index in [0.717, 1.165) is 61.3 Å². The summed E-state index contributed by atoms with van der Waals surface area (Å²) in [6.45, 7) is 12.3. The highest BCUT2D eigenvalue weighted by Gasteiger charge is 2.25. The molecule has 8 nitrogen and oxygen atoms in total. The summed E-state index contributed by atoms with van der Waals surface area (Å²) in [5, 5.41) is 11.9. The maximum absolute atomic E-state index is 11.9. The van der Waals surface area contributed by atoms with Crippen LogP contribution in [0.25, 0.3) is 11.1 Å². The Bertz CT molecular complexity index is 1630. The van der Waals surface area contributed by atoms with E-state index in [9.17, 15) is 10.1 Å².